The van der Waals surface area contributed by atoms with E-state index in [0.717, 1.165) is 6.29 Å². The van der Waals surface area contributed by atoms with Gasteiger partial charge in [-0.3, -0.25) is 0 Å². The molecule has 0 fully saturated rings. The van der Waals surface area contributed by atoms with Gasteiger partial charge >= 0.3 is 0 Å². The molecule has 0 atom stereocenters. The van der Waals surface area contributed by atoms with E-state index in [1.165, 1.54) is 0 Å². The number of hydrogen-bond donors (Lipinski definition) is 0. The van der Waals surface area contributed by atoms with Crippen LogP contribution in [0.3, 0.4) is 0 Å². The molecular weight excluding hydrogens is 201 g/mol. The van der Waals surface area contributed by atoms with Gasteiger partial charge in [0.25, 0.3) is 0 Å². The second kappa shape index (κ2) is 7.11. The number of rotatable bonds is 1. The maximum atomic E-state index is 9.99. The molecule has 1 radical (unpaired) electrons. The topological polar surface area (TPSA) is 17.1 Å². The molecule has 0 N–H and O–H groups in total. The van der Waals surface area contributed by atoms with Gasteiger partial charge in [0.15, 0.2) is 0 Å². The Labute approximate surface area is 86.7 Å². The van der Waals surface area contributed by atoms with Gasteiger partial charge in [-0.15, -0.1) is 0 Å². The smallest absolute Gasteiger partial charge is 0.0950 e. The van der Waals surface area contributed by atoms with Crippen LogP contribution < -0.4 is 0 Å². The summed E-state index contributed by atoms with van der Waals surface area (Å²) in [6, 6.07) is 9.70. The van der Waals surface area contributed by atoms with Crippen molar-refractivity contribution in [2.45, 2.75) is 0 Å². The van der Waals surface area contributed by atoms with E-state index in [9.17, 15) is 4.79 Å². The molecular formula is C8H8OY-2. The van der Waals surface area contributed by atoms with Crippen molar-refractivity contribution in [2.75, 3.05) is 0 Å². The zero-order valence-electron chi connectivity index (χ0n) is 5.87. The number of benzene rings is 1. The first-order valence-electron chi connectivity index (χ1n) is 2.35. The minimum absolute atomic E-state index is 0. The zero-order chi connectivity index (χ0) is 5.82. The summed E-state index contributed by atoms with van der Waals surface area (Å²) >= 11 is 0. The van der Waals surface area contributed by atoms with Crippen molar-refractivity contribution in [1.82, 2.24) is 0 Å². The fraction of sp³-hybridized carbons (Fsp3) is 0. The molecule has 10 heavy (non-hydrogen) atoms. The van der Waals surface area contributed by atoms with Crippen molar-refractivity contribution in [3.63, 3.8) is 0 Å². The second-order valence-corrected chi connectivity index (χ2v) is 1.45. The van der Waals surface area contributed by atoms with Crippen LogP contribution in [0.5, 0.6) is 0 Å². The molecule has 0 heterocycles. The van der Waals surface area contributed by atoms with Crippen LogP contribution in [0, 0.1) is 13.5 Å². The molecule has 0 bridgehead atoms. The summed E-state index contributed by atoms with van der Waals surface area (Å²) in [5.74, 6) is 0. The summed E-state index contributed by atoms with van der Waals surface area (Å²) in [6.45, 7) is 0. The second-order valence-electron chi connectivity index (χ2n) is 1.45. The molecule has 0 saturated carbocycles. The van der Waals surface area contributed by atoms with Gasteiger partial charge in [-0.2, -0.15) is 30.3 Å². The molecule has 0 spiro atoms. The van der Waals surface area contributed by atoms with Crippen molar-refractivity contribution in [1.29, 1.82) is 0 Å². The van der Waals surface area contributed by atoms with Gasteiger partial charge in [-0.05, 0) is 0 Å². The average molecular weight is 209 g/mol. The van der Waals surface area contributed by atoms with E-state index in [1.807, 2.05) is 0 Å². The molecule has 1 aromatic carbocycles. The Kier molecular flexibility index (Phi) is 8.99. The summed E-state index contributed by atoms with van der Waals surface area (Å²) in [5, 5.41) is 0. The van der Waals surface area contributed by atoms with Gasteiger partial charge in [0.1, 0.15) is 0 Å². The molecule has 0 saturated heterocycles. The van der Waals surface area contributed by atoms with Crippen molar-refractivity contribution < 1.29 is 37.5 Å². The summed E-state index contributed by atoms with van der Waals surface area (Å²) in [4.78, 5) is 9.99. The van der Waals surface area contributed by atoms with E-state index in [0.29, 0.717) is 5.56 Å². The van der Waals surface area contributed by atoms with Crippen molar-refractivity contribution in [2.24, 2.45) is 0 Å². The molecule has 0 aromatic heterocycles. The molecule has 0 aliphatic rings. The van der Waals surface area contributed by atoms with Crippen molar-refractivity contribution in [3.8, 4) is 0 Å². The molecule has 0 aliphatic carbocycles. The zero-order valence-corrected chi connectivity index (χ0v) is 8.71. The fourth-order valence-electron chi connectivity index (χ4n) is 0.481. The van der Waals surface area contributed by atoms with E-state index in [4.69, 9.17) is 0 Å². The molecule has 0 aliphatic heterocycles. The first-order valence-corrected chi connectivity index (χ1v) is 2.35. The van der Waals surface area contributed by atoms with Crippen LogP contribution in [0.4, 0.5) is 0 Å². The van der Waals surface area contributed by atoms with Crippen LogP contribution in [0.1, 0.15) is 10.4 Å². The maximum absolute atomic E-state index is 9.99. The van der Waals surface area contributed by atoms with Gasteiger partial charge in [0.05, 0.1) is 6.29 Å². The predicted octanol–water partition coefficient (Wildman–Crippen LogP) is 1.75. The fourth-order valence-corrected chi connectivity index (χ4v) is 0.481. The van der Waals surface area contributed by atoms with Crippen LogP contribution in [-0.2, 0) is 32.7 Å². The molecule has 1 rings (SSSR count). The third-order valence-corrected chi connectivity index (χ3v) is 0.867. The Balaban J connectivity index is 0. The Morgan fingerprint density at radius 2 is 2.20 bits per heavy atom. The summed E-state index contributed by atoms with van der Waals surface area (Å²) in [5.41, 5.74) is 0.674. The maximum Gasteiger partial charge on any atom is 0.0950 e. The largest absolute Gasteiger partial charge is 0.358 e. The van der Waals surface area contributed by atoms with Gasteiger partial charge < -0.3 is 12.2 Å². The molecule has 1 nitrogen and oxygen atoms in total. The molecule has 0 unspecified atom stereocenters. The summed E-state index contributed by atoms with van der Waals surface area (Å²) in [6.07, 6.45) is 0.802. The van der Waals surface area contributed by atoms with E-state index in [2.05, 4.69) is 6.07 Å². The van der Waals surface area contributed by atoms with Gasteiger partial charge in [-0.1, -0.05) is 5.56 Å². The van der Waals surface area contributed by atoms with Crippen molar-refractivity contribution in [3.05, 3.63) is 43.3 Å². The van der Waals surface area contributed by atoms with Gasteiger partial charge in [0, 0.05) is 32.7 Å². The Bertz CT molecular complexity index is 172. The van der Waals surface area contributed by atoms with Gasteiger partial charge in [0.2, 0.25) is 0 Å². The minimum Gasteiger partial charge on any atom is -0.358 e. The monoisotopic (exact) mass is 209 g/mol. The van der Waals surface area contributed by atoms with Crippen LogP contribution in [0.15, 0.2) is 24.3 Å². The minimum atomic E-state index is 0. The third kappa shape index (κ3) is 3.91. The van der Waals surface area contributed by atoms with Crippen LogP contribution in [0.25, 0.3) is 0 Å². The van der Waals surface area contributed by atoms with Crippen molar-refractivity contribution >= 4 is 6.29 Å². The van der Waals surface area contributed by atoms with Crippen LogP contribution in [-0.4, -0.2) is 6.29 Å². The van der Waals surface area contributed by atoms with E-state index in [-0.39, 0.29) is 40.1 Å². The number of aldehydes is 1. The van der Waals surface area contributed by atoms with Gasteiger partial charge in [-0.25, -0.2) is 0 Å². The average Bonchev–Trinajstić information content (AvgIpc) is 1.90. The summed E-state index contributed by atoms with van der Waals surface area (Å²) < 4.78 is 0. The quantitative estimate of drug-likeness (QED) is 0.508. The number of carbonyl (C=O) groups is 1. The predicted molar refractivity (Wildman–Crippen MR) is 37.1 cm³/mol. The van der Waals surface area contributed by atoms with E-state index < -0.39 is 0 Å². The first-order chi connectivity index (χ1) is 3.93. The molecule has 0 amide bonds. The first kappa shape index (κ1) is 12.7. The van der Waals surface area contributed by atoms with Crippen LogP contribution >= 0.6 is 0 Å². The molecule has 1 aromatic rings. The Morgan fingerprint density at radius 1 is 1.50 bits per heavy atom. The Morgan fingerprint density at radius 3 is 2.50 bits per heavy atom. The number of carbonyl (C=O) groups excluding carboxylic acids is 1. The van der Waals surface area contributed by atoms with E-state index in [1.54, 1.807) is 24.3 Å². The molecule has 51 valence electrons. The number of hydrogen-bond acceptors (Lipinski definition) is 1. The summed E-state index contributed by atoms with van der Waals surface area (Å²) in [7, 11) is 0. The van der Waals surface area contributed by atoms with E-state index >= 15 is 0 Å². The third-order valence-electron chi connectivity index (χ3n) is 0.867. The standard InChI is InChI=1S/C7H5O.CH3.Y/c8-6-7-4-2-1-3-5-7;;/h1-2,4-6H;1H3;/q2*-1;. The normalized spacial score (nSPS) is 6.80. The Hall–Kier alpha value is -0.00610. The van der Waals surface area contributed by atoms with Crippen LogP contribution in [0.2, 0.25) is 0 Å². The SMILES string of the molecule is O=Cc1c[c-]ccc1.[CH3-].[Y]. The molecule has 2 heteroatoms.